The lowest BCUT2D eigenvalue weighted by molar-refractivity contribution is -0.128. The first kappa shape index (κ1) is 18.8. The number of carbonyl (C=O) groups excluding carboxylic acids is 2. The molecule has 3 rings (SSSR count). The summed E-state index contributed by atoms with van der Waals surface area (Å²) in [6, 6.07) is 11.2. The lowest BCUT2D eigenvalue weighted by atomic mass is 10.1. The van der Waals surface area contributed by atoms with Gasteiger partial charge in [0, 0.05) is 12.7 Å². The van der Waals surface area contributed by atoms with Gasteiger partial charge in [0.1, 0.15) is 11.6 Å². The molecular formula is C19H19FN4O2S. The predicted molar refractivity (Wildman–Crippen MR) is 104 cm³/mol. The number of hydrogen-bond acceptors (Lipinski definition) is 5. The van der Waals surface area contributed by atoms with Crippen molar-refractivity contribution in [2.75, 3.05) is 18.9 Å². The fourth-order valence-corrected chi connectivity index (χ4v) is 3.57. The van der Waals surface area contributed by atoms with Crippen LogP contribution < -0.4 is 16.0 Å². The first-order chi connectivity index (χ1) is 13.0. The van der Waals surface area contributed by atoms with Gasteiger partial charge in [-0.15, -0.1) is 11.3 Å². The summed E-state index contributed by atoms with van der Waals surface area (Å²) in [5.41, 5.74) is 1.49. The van der Waals surface area contributed by atoms with E-state index in [-0.39, 0.29) is 18.4 Å². The molecule has 1 unspecified atom stereocenters. The molecule has 0 radical (unpaired) electrons. The van der Waals surface area contributed by atoms with Gasteiger partial charge < -0.3 is 16.0 Å². The number of benzene rings is 2. The fourth-order valence-electron chi connectivity index (χ4n) is 2.69. The number of nitrogens with zero attached hydrogens (tertiary/aromatic N) is 1. The number of halogens is 1. The van der Waals surface area contributed by atoms with Crippen molar-refractivity contribution in [3.63, 3.8) is 0 Å². The maximum absolute atomic E-state index is 14.1. The maximum Gasteiger partial charge on any atom is 0.246 e. The summed E-state index contributed by atoms with van der Waals surface area (Å²) in [6.45, 7) is 1.72. The van der Waals surface area contributed by atoms with Gasteiger partial charge in [-0.3, -0.25) is 9.59 Å². The second-order valence-corrected chi connectivity index (χ2v) is 7.15. The normalized spacial score (nSPS) is 11.8. The average Bonchev–Trinajstić information content (AvgIpc) is 3.05. The van der Waals surface area contributed by atoms with E-state index in [1.807, 2.05) is 13.0 Å². The van der Waals surface area contributed by atoms with Crippen LogP contribution >= 0.6 is 11.3 Å². The Balaban J connectivity index is 1.68. The third kappa shape index (κ3) is 4.40. The van der Waals surface area contributed by atoms with Gasteiger partial charge in [-0.1, -0.05) is 30.3 Å². The molecule has 1 aromatic heterocycles. The Bertz CT molecular complexity index is 975. The van der Waals surface area contributed by atoms with E-state index in [1.165, 1.54) is 24.5 Å². The summed E-state index contributed by atoms with van der Waals surface area (Å²) < 4.78 is 14.8. The van der Waals surface area contributed by atoms with Gasteiger partial charge >= 0.3 is 0 Å². The molecule has 1 heterocycles. The Morgan fingerprint density at radius 1 is 1.22 bits per heavy atom. The molecule has 0 fully saturated rings. The van der Waals surface area contributed by atoms with Crippen LogP contribution in [-0.4, -0.2) is 30.4 Å². The van der Waals surface area contributed by atoms with Gasteiger partial charge in [-0.05, 0) is 24.6 Å². The van der Waals surface area contributed by atoms with E-state index in [0.717, 1.165) is 5.01 Å². The number of anilines is 1. The molecule has 2 aromatic carbocycles. The van der Waals surface area contributed by atoms with Crippen molar-refractivity contribution in [2.24, 2.45) is 0 Å². The number of thiazole rings is 1. The number of aromatic nitrogens is 1. The molecule has 0 aliphatic rings. The molecule has 140 valence electrons. The monoisotopic (exact) mass is 386 g/mol. The molecule has 3 aromatic rings. The number of rotatable bonds is 6. The molecule has 2 amide bonds. The van der Waals surface area contributed by atoms with Crippen LogP contribution in [0, 0.1) is 12.7 Å². The minimum Gasteiger partial charge on any atom is -0.376 e. The summed E-state index contributed by atoms with van der Waals surface area (Å²) >= 11 is 1.38. The molecular weight excluding hydrogens is 367 g/mol. The first-order valence-corrected chi connectivity index (χ1v) is 9.16. The van der Waals surface area contributed by atoms with Crippen LogP contribution in [0.25, 0.3) is 10.2 Å². The lowest BCUT2D eigenvalue weighted by Gasteiger charge is -2.18. The molecule has 3 N–H and O–H groups in total. The van der Waals surface area contributed by atoms with E-state index in [1.54, 1.807) is 30.3 Å². The summed E-state index contributed by atoms with van der Waals surface area (Å²) in [7, 11) is 1.51. The number of carbonyl (C=O) groups is 2. The smallest absolute Gasteiger partial charge is 0.246 e. The van der Waals surface area contributed by atoms with E-state index in [9.17, 15) is 14.0 Å². The Morgan fingerprint density at radius 2 is 1.96 bits per heavy atom. The van der Waals surface area contributed by atoms with Gasteiger partial charge in [0.25, 0.3) is 0 Å². The fraction of sp³-hybridized carbons (Fsp3) is 0.211. The molecule has 1 atom stereocenters. The number of aryl methyl sites for hydroxylation is 1. The predicted octanol–water partition coefficient (Wildman–Crippen LogP) is 2.76. The molecule has 27 heavy (non-hydrogen) atoms. The topological polar surface area (TPSA) is 83.1 Å². The van der Waals surface area contributed by atoms with Gasteiger partial charge in [-0.25, -0.2) is 9.37 Å². The zero-order valence-corrected chi connectivity index (χ0v) is 15.7. The second kappa shape index (κ2) is 8.13. The SMILES string of the molecule is CNC(=O)C(NC(=O)CNc1cc(F)c2nc(C)sc2c1)c1ccccc1. The molecule has 0 aliphatic carbocycles. The van der Waals surface area contributed by atoms with E-state index in [2.05, 4.69) is 20.9 Å². The van der Waals surface area contributed by atoms with Crippen LogP contribution in [0.1, 0.15) is 16.6 Å². The molecule has 6 nitrogen and oxygen atoms in total. The second-order valence-electron chi connectivity index (χ2n) is 5.92. The van der Waals surface area contributed by atoms with Gasteiger partial charge in [0.15, 0.2) is 5.82 Å². The van der Waals surface area contributed by atoms with Gasteiger partial charge in [0.05, 0.1) is 16.3 Å². The highest BCUT2D eigenvalue weighted by atomic mass is 32.1. The Labute approximate surface area is 159 Å². The maximum atomic E-state index is 14.1. The standard InChI is InChI=1S/C19H19FN4O2S/c1-11-23-18-14(20)8-13(9-15(18)27-11)22-10-16(25)24-17(19(26)21-2)12-6-4-3-5-7-12/h3-9,17,22H,10H2,1-2H3,(H,21,26)(H,24,25). The van der Waals surface area contributed by atoms with Crippen molar-refractivity contribution >= 4 is 39.1 Å². The van der Waals surface area contributed by atoms with Crippen molar-refractivity contribution in [1.82, 2.24) is 15.6 Å². The third-order valence-electron chi connectivity index (χ3n) is 3.96. The number of hydrogen-bond donors (Lipinski definition) is 3. The van der Waals surface area contributed by atoms with E-state index in [4.69, 9.17) is 0 Å². The highest BCUT2D eigenvalue weighted by molar-refractivity contribution is 7.18. The minimum atomic E-state index is -0.797. The summed E-state index contributed by atoms with van der Waals surface area (Å²) in [4.78, 5) is 28.6. The van der Waals surface area contributed by atoms with Crippen LogP contribution in [0.5, 0.6) is 0 Å². The van der Waals surface area contributed by atoms with Crippen molar-refractivity contribution in [3.8, 4) is 0 Å². The van der Waals surface area contributed by atoms with Crippen molar-refractivity contribution in [2.45, 2.75) is 13.0 Å². The van der Waals surface area contributed by atoms with Crippen LogP contribution in [0.15, 0.2) is 42.5 Å². The van der Waals surface area contributed by atoms with Crippen molar-refractivity contribution < 1.29 is 14.0 Å². The largest absolute Gasteiger partial charge is 0.376 e. The van der Waals surface area contributed by atoms with Crippen molar-refractivity contribution in [1.29, 1.82) is 0 Å². The first-order valence-electron chi connectivity index (χ1n) is 8.34. The number of fused-ring (bicyclic) bond motifs is 1. The molecule has 0 saturated carbocycles. The molecule has 0 bridgehead atoms. The summed E-state index contributed by atoms with van der Waals surface area (Å²) in [6.07, 6.45) is 0. The van der Waals surface area contributed by atoms with Crippen molar-refractivity contribution in [3.05, 3.63) is 58.9 Å². The molecule has 0 spiro atoms. The Morgan fingerprint density at radius 3 is 2.67 bits per heavy atom. The molecule has 0 saturated heterocycles. The summed E-state index contributed by atoms with van der Waals surface area (Å²) in [5, 5.41) is 8.91. The van der Waals surface area contributed by atoms with Crippen LogP contribution in [0.2, 0.25) is 0 Å². The molecule has 0 aliphatic heterocycles. The van der Waals surface area contributed by atoms with Crippen LogP contribution in [0.3, 0.4) is 0 Å². The quantitative estimate of drug-likeness (QED) is 0.608. The van der Waals surface area contributed by atoms with E-state index in [0.29, 0.717) is 21.5 Å². The van der Waals surface area contributed by atoms with E-state index < -0.39 is 11.9 Å². The molecule has 8 heteroatoms. The highest BCUT2D eigenvalue weighted by Gasteiger charge is 2.21. The minimum absolute atomic E-state index is 0.0942. The average molecular weight is 386 g/mol. The van der Waals surface area contributed by atoms with E-state index >= 15 is 0 Å². The summed E-state index contributed by atoms with van der Waals surface area (Å²) in [5.74, 6) is -1.14. The number of amides is 2. The number of likely N-dealkylation sites (N-methyl/N-ethyl adjacent to an activating group) is 1. The zero-order chi connectivity index (χ0) is 19.4. The van der Waals surface area contributed by atoms with Gasteiger partial charge in [-0.2, -0.15) is 0 Å². The lowest BCUT2D eigenvalue weighted by Crippen LogP contribution is -2.41. The van der Waals surface area contributed by atoms with Crippen LogP contribution in [-0.2, 0) is 9.59 Å². The van der Waals surface area contributed by atoms with Crippen LogP contribution in [0.4, 0.5) is 10.1 Å². The third-order valence-corrected chi connectivity index (χ3v) is 4.87. The van der Waals surface area contributed by atoms with Gasteiger partial charge in [0.2, 0.25) is 11.8 Å². The zero-order valence-electron chi connectivity index (χ0n) is 14.9. The Hall–Kier alpha value is -3.00. The highest BCUT2D eigenvalue weighted by Crippen LogP contribution is 2.27. The Kier molecular flexibility index (Phi) is 5.66. The number of nitrogens with one attached hydrogen (secondary N) is 3.